The summed E-state index contributed by atoms with van der Waals surface area (Å²) in [4.78, 5) is 22.0. The quantitative estimate of drug-likeness (QED) is 0.473. The monoisotopic (exact) mass is 371 g/mol. The number of fused-ring (bicyclic) bond motifs is 1. The van der Waals surface area contributed by atoms with Gasteiger partial charge >= 0.3 is 0 Å². The molecular weight excluding hydrogens is 350 g/mol. The highest BCUT2D eigenvalue weighted by Gasteiger charge is 2.22. The summed E-state index contributed by atoms with van der Waals surface area (Å²) in [5.74, 6) is 0.686. The first-order valence-electron chi connectivity index (χ1n) is 9.28. The zero-order chi connectivity index (χ0) is 19.5. The number of benzene rings is 2. The molecule has 0 N–H and O–H groups in total. The second-order valence-electron chi connectivity index (χ2n) is 6.59. The first-order chi connectivity index (χ1) is 13.7. The van der Waals surface area contributed by atoms with Gasteiger partial charge in [-0.25, -0.2) is 4.98 Å². The number of hydrogen-bond acceptors (Lipinski definition) is 4. The van der Waals surface area contributed by atoms with Crippen molar-refractivity contribution in [2.24, 2.45) is 7.05 Å². The Morgan fingerprint density at radius 1 is 1.00 bits per heavy atom. The number of ether oxygens (including phenoxy) is 1. The molecule has 0 aliphatic rings. The van der Waals surface area contributed by atoms with Crippen molar-refractivity contribution in [1.82, 2.24) is 14.5 Å². The van der Waals surface area contributed by atoms with Crippen molar-refractivity contribution in [3.05, 3.63) is 89.4 Å². The van der Waals surface area contributed by atoms with Crippen LogP contribution in [0.4, 0.5) is 0 Å². The van der Waals surface area contributed by atoms with E-state index in [4.69, 9.17) is 4.74 Å². The molecular formula is C23H21N3O2. The molecule has 0 spiro atoms. The van der Waals surface area contributed by atoms with E-state index in [2.05, 4.69) is 9.97 Å². The minimum atomic E-state index is -0.0439. The van der Waals surface area contributed by atoms with Gasteiger partial charge in [0.05, 0.1) is 5.56 Å². The van der Waals surface area contributed by atoms with Gasteiger partial charge in [0.25, 0.3) is 0 Å². The molecule has 140 valence electrons. The predicted octanol–water partition coefficient (Wildman–Crippen LogP) is 4.34. The van der Waals surface area contributed by atoms with Crippen molar-refractivity contribution >= 4 is 16.9 Å². The minimum absolute atomic E-state index is 0.0439. The van der Waals surface area contributed by atoms with Gasteiger partial charge in [0.15, 0.2) is 11.4 Å². The van der Waals surface area contributed by atoms with Gasteiger partial charge in [-0.3, -0.25) is 9.78 Å². The van der Waals surface area contributed by atoms with Crippen LogP contribution in [0.1, 0.15) is 34.1 Å². The molecule has 0 aliphatic heterocycles. The Balaban J connectivity index is 1.60. The van der Waals surface area contributed by atoms with Crippen LogP contribution < -0.4 is 4.74 Å². The minimum Gasteiger partial charge on any atom is -0.489 e. The van der Waals surface area contributed by atoms with Crippen molar-refractivity contribution in [2.75, 3.05) is 0 Å². The topological polar surface area (TPSA) is 57.0 Å². The number of aromatic nitrogens is 3. The Bertz CT molecular complexity index is 1120. The van der Waals surface area contributed by atoms with E-state index in [1.165, 1.54) is 0 Å². The van der Waals surface area contributed by atoms with Crippen LogP contribution in [-0.2, 0) is 20.1 Å². The van der Waals surface area contributed by atoms with Gasteiger partial charge < -0.3 is 9.30 Å². The van der Waals surface area contributed by atoms with Gasteiger partial charge in [0.2, 0.25) is 0 Å². The summed E-state index contributed by atoms with van der Waals surface area (Å²) in [5, 5.41) is 0. The van der Waals surface area contributed by atoms with Gasteiger partial charge in [-0.15, -0.1) is 0 Å². The highest BCUT2D eigenvalue weighted by Crippen LogP contribution is 2.26. The van der Waals surface area contributed by atoms with Gasteiger partial charge in [0, 0.05) is 30.7 Å². The number of rotatable bonds is 6. The highest BCUT2D eigenvalue weighted by atomic mass is 16.5. The third kappa shape index (κ3) is 3.27. The molecule has 5 heteroatoms. The van der Waals surface area contributed by atoms with E-state index < -0.39 is 0 Å². The van der Waals surface area contributed by atoms with Gasteiger partial charge in [-0.1, -0.05) is 37.3 Å². The number of ketones is 1. The molecule has 0 saturated carbocycles. The molecule has 4 aromatic rings. The summed E-state index contributed by atoms with van der Waals surface area (Å²) in [6, 6.07) is 17.3. The van der Waals surface area contributed by atoms with Crippen LogP contribution >= 0.6 is 0 Å². The molecule has 4 rings (SSSR count). The average molecular weight is 371 g/mol. The SMILES string of the molecule is CCc1c(C(=O)c2ccc(OCc3ccccc3)cc2)c2nccnc2n1C. The van der Waals surface area contributed by atoms with Gasteiger partial charge in [-0.2, -0.15) is 0 Å². The highest BCUT2D eigenvalue weighted by molar-refractivity contribution is 6.16. The average Bonchev–Trinajstić information content (AvgIpc) is 3.05. The van der Waals surface area contributed by atoms with Crippen LogP contribution in [0, 0.1) is 0 Å². The maximum Gasteiger partial charge on any atom is 0.197 e. The Kier molecular flexibility index (Phi) is 4.89. The Morgan fingerprint density at radius 3 is 2.43 bits per heavy atom. The largest absolute Gasteiger partial charge is 0.489 e. The predicted molar refractivity (Wildman–Crippen MR) is 109 cm³/mol. The zero-order valence-corrected chi connectivity index (χ0v) is 15.9. The lowest BCUT2D eigenvalue weighted by Crippen LogP contribution is -2.06. The normalized spacial score (nSPS) is 10.9. The molecule has 2 aromatic carbocycles. The van der Waals surface area contributed by atoms with Crippen LogP contribution in [0.25, 0.3) is 11.2 Å². The first kappa shape index (κ1) is 17.9. The van der Waals surface area contributed by atoms with E-state index in [-0.39, 0.29) is 5.78 Å². The fraction of sp³-hybridized carbons (Fsp3) is 0.174. The molecule has 5 nitrogen and oxygen atoms in total. The smallest absolute Gasteiger partial charge is 0.197 e. The molecule has 0 radical (unpaired) electrons. The standard InChI is InChI=1S/C23H21N3O2/c1-3-19-20(21-23(26(19)2)25-14-13-24-21)22(27)17-9-11-18(12-10-17)28-15-16-7-5-4-6-8-16/h4-14H,3,15H2,1-2H3. The van der Waals surface area contributed by atoms with Crippen LogP contribution in [0.15, 0.2) is 67.0 Å². The third-order valence-corrected chi connectivity index (χ3v) is 4.85. The lowest BCUT2D eigenvalue weighted by Gasteiger charge is -2.08. The summed E-state index contributed by atoms with van der Waals surface area (Å²) in [6.07, 6.45) is 4.00. The molecule has 0 bridgehead atoms. The van der Waals surface area contributed by atoms with Crippen LogP contribution in [0.5, 0.6) is 5.75 Å². The van der Waals surface area contributed by atoms with Crippen molar-refractivity contribution in [3.8, 4) is 5.75 Å². The number of aryl methyl sites for hydroxylation is 1. The summed E-state index contributed by atoms with van der Waals surface area (Å²) in [7, 11) is 1.92. The fourth-order valence-corrected chi connectivity index (χ4v) is 3.43. The second-order valence-corrected chi connectivity index (χ2v) is 6.59. The molecule has 0 unspecified atom stereocenters. The molecule has 2 aromatic heterocycles. The molecule has 0 saturated heterocycles. The summed E-state index contributed by atoms with van der Waals surface area (Å²) in [6.45, 7) is 2.53. The Hall–Kier alpha value is -3.47. The van der Waals surface area contributed by atoms with Crippen LogP contribution in [0.2, 0.25) is 0 Å². The van der Waals surface area contributed by atoms with Gasteiger partial charge in [0.1, 0.15) is 17.9 Å². The summed E-state index contributed by atoms with van der Waals surface area (Å²) < 4.78 is 7.77. The van der Waals surface area contributed by atoms with E-state index in [0.717, 1.165) is 29.1 Å². The number of carbonyl (C=O) groups excluding carboxylic acids is 1. The van der Waals surface area contributed by atoms with E-state index in [9.17, 15) is 4.79 Å². The first-order valence-corrected chi connectivity index (χ1v) is 9.28. The van der Waals surface area contributed by atoms with Crippen LogP contribution in [-0.4, -0.2) is 20.3 Å². The maximum absolute atomic E-state index is 13.2. The van der Waals surface area contributed by atoms with E-state index >= 15 is 0 Å². The van der Waals surface area contributed by atoms with Crippen molar-refractivity contribution in [3.63, 3.8) is 0 Å². The molecule has 0 amide bonds. The fourth-order valence-electron chi connectivity index (χ4n) is 3.43. The lowest BCUT2D eigenvalue weighted by molar-refractivity contribution is 0.103. The number of nitrogens with zero attached hydrogens (tertiary/aromatic N) is 3. The maximum atomic E-state index is 13.2. The molecule has 2 heterocycles. The van der Waals surface area contributed by atoms with Crippen molar-refractivity contribution in [1.29, 1.82) is 0 Å². The van der Waals surface area contributed by atoms with E-state index in [1.54, 1.807) is 24.5 Å². The van der Waals surface area contributed by atoms with E-state index in [0.29, 0.717) is 23.3 Å². The van der Waals surface area contributed by atoms with Gasteiger partial charge in [-0.05, 0) is 36.2 Å². The molecule has 0 fully saturated rings. The van der Waals surface area contributed by atoms with Crippen molar-refractivity contribution in [2.45, 2.75) is 20.0 Å². The summed E-state index contributed by atoms with van der Waals surface area (Å²) >= 11 is 0. The Morgan fingerprint density at radius 2 is 1.71 bits per heavy atom. The number of carbonyl (C=O) groups is 1. The van der Waals surface area contributed by atoms with Crippen LogP contribution in [0.3, 0.4) is 0 Å². The number of hydrogen-bond donors (Lipinski definition) is 0. The molecule has 0 atom stereocenters. The van der Waals surface area contributed by atoms with E-state index in [1.807, 2.05) is 61.0 Å². The Labute approximate surface area is 163 Å². The molecule has 0 aliphatic carbocycles. The second kappa shape index (κ2) is 7.64. The van der Waals surface area contributed by atoms with Crippen molar-refractivity contribution < 1.29 is 9.53 Å². The zero-order valence-electron chi connectivity index (χ0n) is 15.9. The lowest BCUT2D eigenvalue weighted by atomic mass is 10.0. The summed E-state index contributed by atoms with van der Waals surface area (Å²) in [5.41, 5.74) is 4.66. The molecule has 28 heavy (non-hydrogen) atoms. The third-order valence-electron chi connectivity index (χ3n) is 4.85.